The van der Waals surface area contributed by atoms with Crippen molar-refractivity contribution in [3.63, 3.8) is 0 Å². The summed E-state index contributed by atoms with van der Waals surface area (Å²) in [6, 6.07) is 11.3. The number of carboxylic acids is 1. The SMILES string of the molecule is COc1ccc(-c2ccc(S(=O)(=O)N[C@@H](C(=O)O)[C@H](O)CCNC(=O)OC(C)(C)C)cc2)cc1. The molecule has 1 amide bonds. The molecule has 0 aliphatic heterocycles. The Bertz CT molecular complexity index is 1080. The first-order chi connectivity index (χ1) is 15.8. The van der Waals surface area contributed by atoms with E-state index in [9.17, 15) is 28.2 Å². The number of hydrogen-bond acceptors (Lipinski definition) is 7. The highest BCUT2D eigenvalue weighted by molar-refractivity contribution is 7.89. The van der Waals surface area contributed by atoms with Crippen LogP contribution in [-0.4, -0.2) is 62.1 Å². The number of ether oxygens (including phenoxy) is 2. The molecule has 4 N–H and O–H groups in total. The maximum atomic E-state index is 12.7. The molecule has 2 rings (SSSR count). The van der Waals surface area contributed by atoms with Crippen molar-refractivity contribution in [1.29, 1.82) is 0 Å². The molecule has 10 nitrogen and oxygen atoms in total. The fourth-order valence-corrected chi connectivity index (χ4v) is 4.16. The van der Waals surface area contributed by atoms with E-state index in [0.29, 0.717) is 5.75 Å². The lowest BCUT2D eigenvalue weighted by molar-refractivity contribution is -0.141. The Labute approximate surface area is 199 Å². The van der Waals surface area contributed by atoms with Crippen LogP contribution in [0.15, 0.2) is 53.4 Å². The summed E-state index contributed by atoms with van der Waals surface area (Å²) in [7, 11) is -2.69. The van der Waals surface area contributed by atoms with Crippen molar-refractivity contribution in [2.24, 2.45) is 0 Å². The van der Waals surface area contributed by atoms with Crippen LogP contribution >= 0.6 is 0 Å². The van der Waals surface area contributed by atoms with Crippen molar-refractivity contribution < 1.29 is 37.7 Å². The van der Waals surface area contributed by atoms with Crippen molar-refractivity contribution >= 4 is 22.1 Å². The van der Waals surface area contributed by atoms with E-state index in [1.807, 2.05) is 16.9 Å². The Morgan fingerprint density at radius 3 is 2.00 bits per heavy atom. The van der Waals surface area contributed by atoms with Gasteiger partial charge in [-0.2, -0.15) is 4.72 Å². The van der Waals surface area contributed by atoms with Crippen molar-refractivity contribution in [2.45, 2.75) is 49.8 Å². The summed E-state index contributed by atoms with van der Waals surface area (Å²) in [6.07, 6.45) is -2.54. The molecule has 0 aliphatic carbocycles. The molecule has 0 aliphatic rings. The average molecular weight is 495 g/mol. The first kappa shape index (κ1) is 27.1. The molecule has 2 aromatic carbocycles. The van der Waals surface area contributed by atoms with E-state index in [1.54, 1.807) is 52.1 Å². The number of amides is 1. The third-order valence-corrected chi connectivity index (χ3v) is 6.09. The molecule has 0 spiro atoms. The number of aliphatic hydroxyl groups excluding tert-OH is 1. The minimum Gasteiger partial charge on any atom is -0.497 e. The van der Waals surface area contributed by atoms with E-state index in [4.69, 9.17) is 9.47 Å². The van der Waals surface area contributed by atoms with Crippen LogP contribution in [0.5, 0.6) is 5.75 Å². The molecule has 0 aromatic heterocycles. The second kappa shape index (κ2) is 11.3. The predicted molar refractivity (Wildman–Crippen MR) is 125 cm³/mol. The second-order valence-corrected chi connectivity index (χ2v) is 10.2. The van der Waals surface area contributed by atoms with Gasteiger partial charge in [0.25, 0.3) is 0 Å². The van der Waals surface area contributed by atoms with E-state index in [2.05, 4.69) is 5.32 Å². The molecule has 0 fully saturated rings. The molecule has 186 valence electrons. The average Bonchev–Trinajstić information content (AvgIpc) is 2.76. The van der Waals surface area contributed by atoms with Gasteiger partial charge in [0, 0.05) is 6.54 Å². The van der Waals surface area contributed by atoms with E-state index in [0.717, 1.165) is 11.1 Å². The van der Waals surface area contributed by atoms with Crippen LogP contribution in [0, 0.1) is 0 Å². The summed E-state index contributed by atoms with van der Waals surface area (Å²) in [4.78, 5) is 23.1. The van der Waals surface area contributed by atoms with Gasteiger partial charge < -0.3 is 25.0 Å². The molecular formula is C23H30N2O8S. The summed E-state index contributed by atoms with van der Waals surface area (Å²) in [5, 5.41) is 22.1. The van der Waals surface area contributed by atoms with Gasteiger partial charge in [-0.25, -0.2) is 13.2 Å². The molecule has 0 heterocycles. The van der Waals surface area contributed by atoms with Crippen LogP contribution in [0.3, 0.4) is 0 Å². The van der Waals surface area contributed by atoms with Crippen LogP contribution in [-0.2, 0) is 19.6 Å². The molecular weight excluding hydrogens is 464 g/mol. The Morgan fingerprint density at radius 1 is 1.00 bits per heavy atom. The number of nitrogens with one attached hydrogen (secondary N) is 2. The Hall–Kier alpha value is -3.15. The molecule has 34 heavy (non-hydrogen) atoms. The fourth-order valence-electron chi connectivity index (χ4n) is 2.94. The van der Waals surface area contributed by atoms with E-state index >= 15 is 0 Å². The van der Waals surface area contributed by atoms with Crippen LogP contribution in [0.2, 0.25) is 0 Å². The van der Waals surface area contributed by atoms with Gasteiger partial charge in [0.15, 0.2) is 0 Å². The molecule has 11 heteroatoms. The molecule has 0 bridgehead atoms. The molecule has 0 radical (unpaired) electrons. The lowest BCUT2D eigenvalue weighted by Crippen LogP contribution is -2.49. The minimum atomic E-state index is -4.25. The number of aliphatic hydroxyl groups is 1. The smallest absolute Gasteiger partial charge is 0.407 e. The second-order valence-electron chi connectivity index (χ2n) is 8.47. The largest absolute Gasteiger partial charge is 0.497 e. The van der Waals surface area contributed by atoms with Crippen molar-refractivity contribution in [1.82, 2.24) is 10.0 Å². The number of carboxylic acid groups (broad SMARTS) is 1. The van der Waals surface area contributed by atoms with Gasteiger partial charge in [0.1, 0.15) is 17.4 Å². The lowest BCUT2D eigenvalue weighted by Gasteiger charge is -2.22. The standard InChI is InChI=1S/C23H30N2O8S/c1-23(2,3)33-22(29)24-14-13-19(26)20(21(27)28)25-34(30,31)18-11-7-16(8-12-18)15-5-9-17(32-4)10-6-15/h5-12,19-20,25-26H,13-14H2,1-4H3,(H,24,29)(H,27,28)/t19-,20-/m1/s1. The molecule has 0 unspecified atom stereocenters. The third-order valence-electron chi connectivity index (χ3n) is 4.63. The number of alkyl carbamates (subject to hydrolysis) is 1. The van der Waals surface area contributed by atoms with Crippen LogP contribution in [0.25, 0.3) is 11.1 Å². The van der Waals surface area contributed by atoms with Crippen molar-refractivity contribution in [3.05, 3.63) is 48.5 Å². The van der Waals surface area contributed by atoms with Gasteiger partial charge in [0.05, 0.1) is 18.1 Å². The highest BCUT2D eigenvalue weighted by atomic mass is 32.2. The van der Waals surface area contributed by atoms with Crippen LogP contribution in [0.1, 0.15) is 27.2 Å². The maximum absolute atomic E-state index is 12.7. The van der Waals surface area contributed by atoms with Gasteiger partial charge in [-0.05, 0) is 62.6 Å². The normalized spacial score (nSPS) is 13.6. The van der Waals surface area contributed by atoms with E-state index in [1.165, 1.54) is 12.1 Å². The topological polar surface area (TPSA) is 151 Å². The number of hydrogen-bond donors (Lipinski definition) is 4. The molecule has 2 atom stereocenters. The quantitative estimate of drug-likeness (QED) is 0.393. The number of rotatable bonds is 10. The number of sulfonamides is 1. The van der Waals surface area contributed by atoms with Crippen LogP contribution < -0.4 is 14.8 Å². The molecule has 0 saturated heterocycles. The highest BCUT2D eigenvalue weighted by Gasteiger charge is 2.31. The lowest BCUT2D eigenvalue weighted by atomic mass is 10.1. The van der Waals surface area contributed by atoms with E-state index < -0.39 is 39.8 Å². The first-order valence-corrected chi connectivity index (χ1v) is 12.0. The fraction of sp³-hybridized carbons (Fsp3) is 0.391. The molecule has 2 aromatic rings. The number of carbonyl (C=O) groups is 2. The number of aliphatic carboxylic acids is 1. The van der Waals surface area contributed by atoms with Gasteiger partial charge in [-0.3, -0.25) is 4.79 Å². The molecule has 0 saturated carbocycles. The Morgan fingerprint density at radius 2 is 1.53 bits per heavy atom. The summed E-state index contributed by atoms with van der Waals surface area (Å²) < 4.78 is 37.7. The monoisotopic (exact) mass is 494 g/mol. The van der Waals surface area contributed by atoms with Crippen LogP contribution in [0.4, 0.5) is 4.79 Å². The summed E-state index contributed by atoms with van der Waals surface area (Å²) in [6.45, 7) is 4.93. The van der Waals surface area contributed by atoms with Gasteiger partial charge in [-0.15, -0.1) is 0 Å². The van der Waals surface area contributed by atoms with Gasteiger partial charge >= 0.3 is 12.1 Å². The van der Waals surface area contributed by atoms with Gasteiger partial charge in [0.2, 0.25) is 10.0 Å². The summed E-state index contributed by atoms with van der Waals surface area (Å²) in [5.74, 6) is -0.866. The maximum Gasteiger partial charge on any atom is 0.407 e. The highest BCUT2D eigenvalue weighted by Crippen LogP contribution is 2.24. The summed E-state index contributed by atoms with van der Waals surface area (Å²) >= 11 is 0. The zero-order chi connectivity index (χ0) is 25.5. The van der Waals surface area contributed by atoms with E-state index in [-0.39, 0.29) is 17.9 Å². The van der Waals surface area contributed by atoms with Crippen molar-refractivity contribution in [3.8, 4) is 16.9 Å². The van der Waals surface area contributed by atoms with Crippen molar-refractivity contribution in [2.75, 3.05) is 13.7 Å². The number of methoxy groups -OCH3 is 1. The Kier molecular flexibility index (Phi) is 9.02. The zero-order valence-corrected chi connectivity index (χ0v) is 20.3. The first-order valence-electron chi connectivity index (χ1n) is 10.5. The number of benzene rings is 2. The van der Waals surface area contributed by atoms with Gasteiger partial charge in [-0.1, -0.05) is 24.3 Å². The summed E-state index contributed by atoms with van der Waals surface area (Å²) in [5.41, 5.74) is 0.879. The predicted octanol–water partition coefficient (Wildman–Crippen LogP) is 2.37. The Balaban J connectivity index is 2.04. The minimum absolute atomic E-state index is 0.113. The zero-order valence-electron chi connectivity index (χ0n) is 19.4. The third kappa shape index (κ3) is 8.01. The number of carbonyl (C=O) groups excluding carboxylic acids is 1.